The van der Waals surface area contributed by atoms with Gasteiger partial charge in [0.25, 0.3) is 5.91 Å². The van der Waals surface area contributed by atoms with Crippen LogP contribution in [0.25, 0.3) is 5.69 Å². The lowest BCUT2D eigenvalue weighted by Gasteiger charge is -2.21. The number of ether oxygens (including phenoxy) is 1. The topological polar surface area (TPSA) is 64.4 Å². The summed E-state index contributed by atoms with van der Waals surface area (Å²) in [6.45, 7) is 5.38. The van der Waals surface area contributed by atoms with Gasteiger partial charge in [-0.1, -0.05) is 36.4 Å². The molecule has 0 fully saturated rings. The first kappa shape index (κ1) is 20.3. The first-order valence-corrected chi connectivity index (χ1v) is 9.51. The Bertz CT molecular complexity index is 997. The van der Waals surface area contributed by atoms with Gasteiger partial charge in [-0.25, -0.2) is 4.68 Å². The van der Waals surface area contributed by atoms with Gasteiger partial charge >= 0.3 is 5.97 Å². The molecular weight excluding hydrogens is 366 g/mol. The zero-order valence-corrected chi connectivity index (χ0v) is 17.1. The van der Waals surface area contributed by atoms with Crippen molar-refractivity contribution in [3.8, 4) is 5.69 Å². The highest BCUT2D eigenvalue weighted by atomic mass is 16.5. The van der Waals surface area contributed by atoms with E-state index in [4.69, 9.17) is 4.74 Å². The van der Waals surface area contributed by atoms with Gasteiger partial charge in [0.15, 0.2) is 6.10 Å². The molecule has 150 valence electrons. The highest BCUT2D eigenvalue weighted by Crippen LogP contribution is 2.19. The van der Waals surface area contributed by atoms with Crippen LogP contribution in [0.3, 0.4) is 0 Å². The molecule has 0 radical (unpaired) electrons. The summed E-state index contributed by atoms with van der Waals surface area (Å²) in [6.07, 6.45) is -0.811. The van der Waals surface area contributed by atoms with Crippen LogP contribution >= 0.6 is 0 Å². The molecule has 6 nitrogen and oxygen atoms in total. The van der Waals surface area contributed by atoms with Gasteiger partial charge in [0.1, 0.15) is 0 Å². The Labute approximate surface area is 170 Å². The maximum Gasteiger partial charge on any atom is 0.311 e. The fourth-order valence-electron chi connectivity index (χ4n) is 3.24. The molecule has 6 heteroatoms. The predicted octanol–water partition coefficient (Wildman–Crippen LogP) is 3.63. The minimum Gasteiger partial charge on any atom is -0.452 e. The number of aryl methyl sites for hydroxylation is 1. The fraction of sp³-hybridized carbons (Fsp3) is 0.261. The quantitative estimate of drug-likeness (QED) is 0.602. The number of carbonyl (C=O) groups excluding carboxylic acids is 2. The van der Waals surface area contributed by atoms with E-state index in [9.17, 15) is 9.59 Å². The molecule has 0 spiro atoms. The lowest BCUT2D eigenvalue weighted by atomic mass is 10.1. The van der Waals surface area contributed by atoms with Gasteiger partial charge in [0.2, 0.25) is 0 Å². The zero-order chi connectivity index (χ0) is 21.0. The molecule has 1 atom stereocenters. The number of hydrogen-bond acceptors (Lipinski definition) is 4. The van der Waals surface area contributed by atoms with Crippen molar-refractivity contribution in [1.82, 2.24) is 9.78 Å². The smallest absolute Gasteiger partial charge is 0.311 e. The van der Waals surface area contributed by atoms with E-state index >= 15 is 0 Å². The van der Waals surface area contributed by atoms with Crippen molar-refractivity contribution < 1.29 is 14.3 Å². The lowest BCUT2D eigenvalue weighted by molar-refractivity contribution is -0.153. The van der Waals surface area contributed by atoms with E-state index < -0.39 is 12.1 Å². The average Bonchev–Trinajstić information content (AvgIpc) is 3.02. The van der Waals surface area contributed by atoms with Crippen molar-refractivity contribution >= 4 is 17.6 Å². The van der Waals surface area contributed by atoms with E-state index in [0.29, 0.717) is 0 Å². The van der Waals surface area contributed by atoms with Gasteiger partial charge in [-0.2, -0.15) is 5.10 Å². The third-order valence-corrected chi connectivity index (χ3v) is 4.89. The summed E-state index contributed by atoms with van der Waals surface area (Å²) in [5, 5.41) is 4.55. The van der Waals surface area contributed by atoms with Crippen LogP contribution in [0.4, 0.5) is 5.69 Å². The molecule has 29 heavy (non-hydrogen) atoms. The Balaban J connectivity index is 1.68. The van der Waals surface area contributed by atoms with Crippen LogP contribution in [-0.4, -0.2) is 34.8 Å². The van der Waals surface area contributed by atoms with Gasteiger partial charge < -0.3 is 9.64 Å². The molecule has 0 saturated carbocycles. The van der Waals surface area contributed by atoms with Crippen molar-refractivity contribution in [3.05, 3.63) is 77.6 Å². The van der Waals surface area contributed by atoms with Crippen molar-refractivity contribution in [2.45, 2.75) is 33.3 Å². The normalized spacial score (nSPS) is 11.7. The van der Waals surface area contributed by atoms with Gasteiger partial charge in [-0.15, -0.1) is 0 Å². The molecular formula is C23H25N3O3. The summed E-state index contributed by atoms with van der Waals surface area (Å²) in [4.78, 5) is 26.6. The number of esters is 1. The van der Waals surface area contributed by atoms with Crippen LogP contribution in [0.2, 0.25) is 0 Å². The molecule has 2 aromatic carbocycles. The van der Waals surface area contributed by atoms with Crippen molar-refractivity contribution in [3.63, 3.8) is 0 Å². The molecule has 3 aromatic rings. The number of amides is 1. The van der Waals surface area contributed by atoms with Crippen LogP contribution in [0.1, 0.15) is 23.9 Å². The number of hydrogen-bond donors (Lipinski definition) is 0. The third-order valence-electron chi connectivity index (χ3n) is 4.89. The van der Waals surface area contributed by atoms with Crippen molar-refractivity contribution in [1.29, 1.82) is 0 Å². The third kappa shape index (κ3) is 4.54. The van der Waals surface area contributed by atoms with Crippen molar-refractivity contribution in [2.24, 2.45) is 0 Å². The van der Waals surface area contributed by atoms with Gasteiger partial charge in [0, 0.05) is 24.0 Å². The molecule has 0 N–H and O–H groups in total. The Morgan fingerprint density at radius 3 is 2.24 bits per heavy atom. The minimum absolute atomic E-state index is 0.0666. The SMILES string of the molecule is Cc1nn(-c2ccccc2)c(C)c1CC(=O)OC(C)C(=O)N(C)c1ccccc1. The highest BCUT2D eigenvalue weighted by molar-refractivity contribution is 5.96. The second-order valence-corrected chi connectivity index (χ2v) is 6.94. The second kappa shape index (κ2) is 8.73. The fourth-order valence-corrected chi connectivity index (χ4v) is 3.24. The second-order valence-electron chi connectivity index (χ2n) is 6.94. The summed E-state index contributed by atoms with van der Waals surface area (Å²) < 4.78 is 7.23. The summed E-state index contributed by atoms with van der Waals surface area (Å²) in [5.41, 5.74) is 4.14. The Hall–Kier alpha value is -3.41. The Kier molecular flexibility index (Phi) is 6.12. The van der Waals surface area contributed by atoms with Crippen LogP contribution in [0, 0.1) is 13.8 Å². The van der Waals surface area contributed by atoms with E-state index in [1.54, 1.807) is 14.0 Å². The highest BCUT2D eigenvalue weighted by Gasteiger charge is 2.24. The summed E-state index contributed by atoms with van der Waals surface area (Å²) in [7, 11) is 1.67. The first-order chi connectivity index (χ1) is 13.9. The molecule has 0 aliphatic heterocycles. The monoisotopic (exact) mass is 391 g/mol. The lowest BCUT2D eigenvalue weighted by Crippen LogP contribution is -2.37. The molecule has 1 heterocycles. The van der Waals surface area contributed by atoms with Crippen molar-refractivity contribution in [2.75, 3.05) is 11.9 Å². The van der Waals surface area contributed by atoms with E-state index in [0.717, 1.165) is 28.3 Å². The van der Waals surface area contributed by atoms with E-state index in [1.165, 1.54) is 4.90 Å². The number of para-hydroxylation sites is 2. The number of anilines is 1. The molecule has 0 aliphatic rings. The maximum absolute atomic E-state index is 12.6. The minimum atomic E-state index is -0.877. The predicted molar refractivity (Wildman–Crippen MR) is 112 cm³/mol. The van der Waals surface area contributed by atoms with Gasteiger partial charge in [-0.05, 0) is 45.0 Å². The largest absolute Gasteiger partial charge is 0.452 e. The number of carbonyl (C=O) groups is 2. The standard InChI is InChI=1S/C23H25N3O3/c1-16-21(17(2)26(24-16)20-13-9-6-10-14-20)15-22(27)29-18(3)23(28)25(4)19-11-7-5-8-12-19/h5-14,18H,15H2,1-4H3. The Morgan fingerprint density at radius 2 is 1.62 bits per heavy atom. The molecule has 0 bridgehead atoms. The van der Waals surface area contributed by atoms with Crippen LogP contribution < -0.4 is 4.90 Å². The average molecular weight is 391 g/mol. The van der Waals surface area contributed by atoms with Crippen LogP contribution in [0.5, 0.6) is 0 Å². The van der Waals surface area contributed by atoms with Crippen LogP contribution in [-0.2, 0) is 20.7 Å². The Morgan fingerprint density at radius 1 is 1.03 bits per heavy atom. The number of rotatable bonds is 6. The van der Waals surface area contributed by atoms with E-state index in [1.807, 2.05) is 79.2 Å². The first-order valence-electron chi connectivity index (χ1n) is 9.51. The summed E-state index contributed by atoms with van der Waals surface area (Å²) in [6, 6.07) is 19.0. The molecule has 1 unspecified atom stereocenters. The van der Waals surface area contributed by atoms with Gasteiger partial charge in [-0.3, -0.25) is 9.59 Å². The maximum atomic E-state index is 12.6. The number of likely N-dealkylation sites (N-methyl/N-ethyl adjacent to an activating group) is 1. The van der Waals surface area contributed by atoms with E-state index in [2.05, 4.69) is 5.10 Å². The number of nitrogens with zero attached hydrogens (tertiary/aromatic N) is 3. The van der Waals surface area contributed by atoms with Crippen LogP contribution in [0.15, 0.2) is 60.7 Å². The summed E-state index contributed by atoms with van der Waals surface area (Å²) >= 11 is 0. The van der Waals surface area contributed by atoms with E-state index in [-0.39, 0.29) is 12.3 Å². The molecule has 1 aromatic heterocycles. The van der Waals surface area contributed by atoms with Gasteiger partial charge in [0.05, 0.1) is 17.8 Å². The number of benzene rings is 2. The molecule has 3 rings (SSSR count). The molecule has 0 aliphatic carbocycles. The number of aromatic nitrogens is 2. The summed E-state index contributed by atoms with van der Waals surface area (Å²) in [5.74, 6) is -0.732. The molecule has 1 amide bonds. The zero-order valence-electron chi connectivity index (χ0n) is 17.1. The molecule has 0 saturated heterocycles.